The number of hydrogen-bond acceptors (Lipinski definition) is 3. The van der Waals surface area contributed by atoms with Crippen LogP contribution in [0.4, 0.5) is 0 Å². The molecule has 0 spiro atoms. The van der Waals surface area contributed by atoms with Crippen LogP contribution in [0.5, 0.6) is 0 Å². The summed E-state index contributed by atoms with van der Waals surface area (Å²) in [5.41, 5.74) is 1.13. The van der Waals surface area contributed by atoms with Crippen LogP contribution in [-0.4, -0.2) is 34.9 Å². The molecule has 0 bridgehead atoms. The van der Waals surface area contributed by atoms with Gasteiger partial charge in [-0.1, -0.05) is 110 Å². The van der Waals surface area contributed by atoms with Crippen LogP contribution in [0, 0.1) is 11.8 Å². The Morgan fingerprint density at radius 2 is 1.43 bits per heavy atom. The molecule has 0 aliphatic carbocycles. The molecule has 1 aromatic carbocycles. The molecule has 1 rings (SSSR count). The molecule has 0 fully saturated rings. The SMILES string of the molecule is C=C[C@H](OCc1ccccc1)[C@H](C#C[C@H](CCCC)O[Si](C)(C)C(C)(C)C)O[Si](C)(C)C(C)(C)C. The van der Waals surface area contributed by atoms with Crippen LogP contribution in [0.25, 0.3) is 0 Å². The summed E-state index contributed by atoms with van der Waals surface area (Å²) in [6, 6.07) is 10.2. The Balaban J connectivity index is 3.28. The predicted octanol–water partition coefficient (Wildman–Crippen LogP) is 8.73. The first-order valence-corrected chi connectivity index (χ1v) is 19.0. The second kappa shape index (κ2) is 13.4. The van der Waals surface area contributed by atoms with E-state index in [-0.39, 0.29) is 28.4 Å². The first-order valence-electron chi connectivity index (χ1n) is 13.2. The molecule has 0 saturated heterocycles. The van der Waals surface area contributed by atoms with E-state index in [0.717, 1.165) is 24.8 Å². The number of benzene rings is 1. The van der Waals surface area contributed by atoms with Gasteiger partial charge in [-0.2, -0.15) is 0 Å². The van der Waals surface area contributed by atoms with E-state index in [1.54, 1.807) is 0 Å². The Hall–Kier alpha value is -1.17. The number of unbranched alkanes of at least 4 members (excludes halogenated alkanes) is 1. The Morgan fingerprint density at radius 3 is 1.91 bits per heavy atom. The van der Waals surface area contributed by atoms with Crippen molar-refractivity contribution in [3.8, 4) is 11.8 Å². The normalized spacial score (nSPS) is 15.6. The topological polar surface area (TPSA) is 27.7 Å². The lowest BCUT2D eigenvalue weighted by Crippen LogP contribution is -2.47. The van der Waals surface area contributed by atoms with E-state index in [9.17, 15) is 0 Å². The van der Waals surface area contributed by atoms with Gasteiger partial charge in [-0.15, -0.1) is 6.58 Å². The van der Waals surface area contributed by atoms with Gasteiger partial charge in [-0.3, -0.25) is 0 Å². The van der Waals surface area contributed by atoms with Gasteiger partial charge in [0.05, 0.1) is 6.61 Å². The van der Waals surface area contributed by atoms with Gasteiger partial charge in [0, 0.05) is 0 Å². The summed E-state index contributed by atoms with van der Waals surface area (Å²) in [7, 11) is -4.04. The fourth-order valence-electron chi connectivity index (χ4n) is 2.98. The van der Waals surface area contributed by atoms with Crippen LogP contribution in [0.3, 0.4) is 0 Å². The Morgan fingerprint density at radius 1 is 0.886 bits per heavy atom. The third-order valence-corrected chi connectivity index (χ3v) is 16.4. The van der Waals surface area contributed by atoms with Crippen molar-refractivity contribution < 1.29 is 13.6 Å². The van der Waals surface area contributed by atoms with Gasteiger partial charge in [0.25, 0.3) is 0 Å². The van der Waals surface area contributed by atoms with Gasteiger partial charge in [0.2, 0.25) is 0 Å². The van der Waals surface area contributed by atoms with E-state index in [4.69, 9.17) is 13.6 Å². The van der Waals surface area contributed by atoms with Crippen molar-refractivity contribution in [3.05, 3.63) is 48.6 Å². The van der Waals surface area contributed by atoms with Gasteiger partial charge in [0.1, 0.15) is 18.3 Å². The molecule has 0 radical (unpaired) electrons. The summed E-state index contributed by atoms with van der Waals surface area (Å²) in [4.78, 5) is 0. The molecular weight excluding hydrogens is 464 g/mol. The molecule has 1 aromatic rings. The molecule has 0 amide bonds. The monoisotopic (exact) mass is 516 g/mol. The molecule has 0 N–H and O–H groups in total. The minimum atomic E-state index is -2.09. The summed E-state index contributed by atoms with van der Waals surface area (Å²) < 4.78 is 19.9. The molecule has 3 nitrogen and oxygen atoms in total. The summed E-state index contributed by atoms with van der Waals surface area (Å²) in [5.74, 6) is 6.98. The Labute approximate surface area is 219 Å². The lowest BCUT2D eigenvalue weighted by Gasteiger charge is -2.39. The molecular formula is C30H52O3Si2. The highest BCUT2D eigenvalue weighted by atomic mass is 28.4. The molecule has 35 heavy (non-hydrogen) atoms. The summed E-state index contributed by atoms with van der Waals surface area (Å²) in [6.45, 7) is 29.5. The highest BCUT2D eigenvalue weighted by molar-refractivity contribution is 6.74. The maximum atomic E-state index is 6.82. The van der Waals surface area contributed by atoms with Crippen LogP contribution in [0.2, 0.25) is 36.3 Å². The highest BCUT2D eigenvalue weighted by Gasteiger charge is 2.41. The minimum absolute atomic E-state index is 0.0668. The standard InChI is InChI=1S/C30H52O3Si2/c1-13-15-21-26(32-34(9,10)29(3,4)5)22-23-28(33-35(11,12)30(6,7)8)27(14-2)31-24-25-19-17-16-18-20-25/h14,16-20,26-28H,2,13,15,21,24H2,1,3-12H3/t26-,27-,28-/m0/s1. The third kappa shape index (κ3) is 10.4. The van der Waals surface area contributed by atoms with Gasteiger partial charge in [-0.05, 0) is 48.2 Å². The average molecular weight is 517 g/mol. The number of ether oxygens (including phenoxy) is 1. The number of hydrogen-bond donors (Lipinski definition) is 0. The van der Waals surface area contributed by atoms with E-state index >= 15 is 0 Å². The van der Waals surface area contributed by atoms with Crippen molar-refractivity contribution in [2.24, 2.45) is 0 Å². The zero-order valence-corrected chi connectivity index (χ0v) is 26.5. The fraction of sp³-hybridized carbons (Fsp3) is 0.667. The van der Waals surface area contributed by atoms with Crippen molar-refractivity contribution in [1.29, 1.82) is 0 Å². The van der Waals surface area contributed by atoms with Gasteiger partial charge >= 0.3 is 0 Å². The summed E-state index contributed by atoms with van der Waals surface area (Å²) >= 11 is 0. The van der Waals surface area contributed by atoms with E-state index in [1.807, 2.05) is 24.3 Å². The molecule has 0 unspecified atom stereocenters. The smallest absolute Gasteiger partial charge is 0.193 e. The molecule has 0 aromatic heterocycles. The summed E-state index contributed by atoms with van der Waals surface area (Å²) in [6.07, 6.45) is 4.19. The average Bonchev–Trinajstić information content (AvgIpc) is 2.74. The van der Waals surface area contributed by atoms with Crippen LogP contribution < -0.4 is 0 Å². The molecule has 5 heteroatoms. The van der Waals surface area contributed by atoms with Crippen molar-refractivity contribution >= 4 is 16.6 Å². The molecule has 198 valence electrons. The molecule has 0 saturated carbocycles. The van der Waals surface area contributed by atoms with Crippen LogP contribution in [0.1, 0.15) is 73.3 Å². The molecule has 0 aliphatic heterocycles. The third-order valence-electron chi connectivity index (χ3n) is 7.49. The molecule has 3 atom stereocenters. The van der Waals surface area contributed by atoms with Crippen molar-refractivity contribution in [1.82, 2.24) is 0 Å². The minimum Gasteiger partial charge on any atom is -0.403 e. The quantitative estimate of drug-likeness (QED) is 0.158. The highest BCUT2D eigenvalue weighted by Crippen LogP contribution is 2.39. The van der Waals surface area contributed by atoms with Crippen LogP contribution in [0.15, 0.2) is 43.0 Å². The molecule has 0 aliphatic rings. The maximum absolute atomic E-state index is 6.82. The van der Waals surface area contributed by atoms with Crippen LogP contribution >= 0.6 is 0 Å². The zero-order chi connectivity index (χ0) is 26.9. The van der Waals surface area contributed by atoms with E-state index in [1.165, 1.54) is 0 Å². The van der Waals surface area contributed by atoms with Crippen molar-refractivity contribution in [2.75, 3.05) is 0 Å². The van der Waals surface area contributed by atoms with Gasteiger partial charge in [-0.25, -0.2) is 0 Å². The van der Waals surface area contributed by atoms with E-state index in [2.05, 4.69) is 105 Å². The lowest BCUT2D eigenvalue weighted by molar-refractivity contribution is 0.0104. The lowest BCUT2D eigenvalue weighted by atomic mass is 10.1. The van der Waals surface area contributed by atoms with E-state index < -0.39 is 16.6 Å². The number of rotatable bonds is 12. The van der Waals surface area contributed by atoms with E-state index in [0.29, 0.717) is 6.61 Å². The molecule has 0 heterocycles. The largest absolute Gasteiger partial charge is 0.403 e. The second-order valence-corrected chi connectivity index (χ2v) is 22.1. The maximum Gasteiger partial charge on any atom is 0.193 e. The zero-order valence-electron chi connectivity index (χ0n) is 24.5. The van der Waals surface area contributed by atoms with Crippen LogP contribution in [-0.2, 0) is 20.2 Å². The predicted molar refractivity (Wildman–Crippen MR) is 157 cm³/mol. The first-order chi connectivity index (χ1) is 16.0. The first kappa shape index (κ1) is 31.9. The van der Waals surface area contributed by atoms with Crippen molar-refractivity contribution in [3.63, 3.8) is 0 Å². The van der Waals surface area contributed by atoms with Gasteiger partial charge in [0.15, 0.2) is 16.6 Å². The Bertz CT molecular complexity index is 823. The van der Waals surface area contributed by atoms with Crippen molar-refractivity contribution in [2.45, 2.75) is 129 Å². The Kier molecular flexibility index (Phi) is 12.2. The second-order valence-electron chi connectivity index (χ2n) is 12.6. The van der Waals surface area contributed by atoms with Gasteiger partial charge < -0.3 is 13.6 Å². The fourth-order valence-corrected chi connectivity index (χ4v) is 5.40. The summed E-state index contributed by atoms with van der Waals surface area (Å²) in [5, 5.41) is 0.204.